The number of methoxy groups -OCH3 is 2. The summed E-state index contributed by atoms with van der Waals surface area (Å²) in [5.41, 5.74) is 3.31. The molecule has 0 saturated heterocycles. The summed E-state index contributed by atoms with van der Waals surface area (Å²) < 4.78 is 16.6. The molecule has 29 heavy (non-hydrogen) atoms. The van der Waals surface area contributed by atoms with E-state index < -0.39 is 5.54 Å². The van der Waals surface area contributed by atoms with E-state index in [0.717, 1.165) is 17.5 Å². The van der Waals surface area contributed by atoms with Gasteiger partial charge in [-0.15, -0.1) is 0 Å². The largest absolute Gasteiger partial charge is 0.493 e. The smallest absolute Gasteiger partial charge is 0.341 e. The molecule has 0 aromatic heterocycles. The van der Waals surface area contributed by atoms with Crippen LogP contribution in [-0.2, 0) is 9.53 Å². The predicted octanol–water partition coefficient (Wildman–Crippen LogP) is 4.66. The maximum absolute atomic E-state index is 13.2. The van der Waals surface area contributed by atoms with Gasteiger partial charge in [0.2, 0.25) is 5.90 Å². The number of carbonyl (C=O) groups is 1. The number of hydrogen-bond acceptors (Lipinski definition) is 5. The van der Waals surface area contributed by atoms with Crippen molar-refractivity contribution >= 4 is 11.9 Å². The summed E-state index contributed by atoms with van der Waals surface area (Å²) >= 11 is 0. The highest BCUT2D eigenvalue weighted by Gasteiger charge is 2.54. The zero-order valence-corrected chi connectivity index (χ0v) is 17.2. The number of benzene rings is 2. The van der Waals surface area contributed by atoms with Crippen LogP contribution in [0.3, 0.4) is 0 Å². The lowest BCUT2D eigenvalue weighted by atomic mass is 9.68. The fourth-order valence-corrected chi connectivity index (χ4v) is 4.25. The molecule has 2 aliphatic rings. The summed E-state index contributed by atoms with van der Waals surface area (Å²) in [4.78, 5) is 18.1. The third-order valence-electron chi connectivity index (χ3n) is 6.02. The number of allylic oxidation sites excluding steroid dienone is 1. The molecule has 0 saturated carbocycles. The molecule has 1 aliphatic heterocycles. The van der Waals surface area contributed by atoms with Crippen LogP contribution in [0.15, 0.2) is 64.7 Å². The van der Waals surface area contributed by atoms with Crippen LogP contribution in [0, 0.1) is 0 Å². The Balaban J connectivity index is 1.84. The summed E-state index contributed by atoms with van der Waals surface area (Å²) in [6, 6.07) is 15.4. The minimum Gasteiger partial charge on any atom is -0.493 e. The Morgan fingerprint density at radius 3 is 2.41 bits per heavy atom. The van der Waals surface area contributed by atoms with Crippen LogP contribution in [0.4, 0.5) is 0 Å². The van der Waals surface area contributed by atoms with Crippen LogP contribution in [0.5, 0.6) is 11.5 Å². The number of aliphatic imine (C=N–C) groups is 1. The molecule has 150 valence electrons. The van der Waals surface area contributed by atoms with E-state index in [2.05, 4.69) is 13.8 Å². The molecule has 2 aromatic rings. The predicted molar refractivity (Wildman–Crippen MR) is 112 cm³/mol. The molecule has 1 aliphatic carbocycles. The van der Waals surface area contributed by atoms with Crippen LogP contribution in [0.2, 0.25) is 0 Å². The first kappa shape index (κ1) is 19.2. The maximum atomic E-state index is 13.2. The molecule has 1 spiro atoms. The summed E-state index contributed by atoms with van der Waals surface area (Å²) in [7, 11) is 3.23. The first-order valence-corrected chi connectivity index (χ1v) is 9.73. The molecule has 0 bridgehead atoms. The van der Waals surface area contributed by atoms with Crippen molar-refractivity contribution in [3.8, 4) is 11.5 Å². The summed E-state index contributed by atoms with van der Waals surface area (Å²) in [5, 5.41) is 0. The first-order chi connectivity index (χ1) is 14.0. The van der Waals surface area contributed by atoms with Crippen molar-refractivity contribution in [2.75, 3.05) is 14.2 Å². The fourth-order valence-electron chi connectivity index (χ4n) is 4.25. The van der Waals surface area contributed by atoms with Gasteiger partial charge in [0.15, 0.2) is 17.0 Å². The highest BCUT2D eigenvalue weighted by Crippen LogP contribution is 2.50. The normalized spacial score (nSPS) is 23.8. The second-order valence-corrected chi connectivity index (χ2v) is 7.71. The Labute approximate surface area is 171 Å². The van der Waals surface area contributed by atoms with Crippen molar-refractivity contribution < 1.29 is 19.0 Å². The first-order valence-electron chi connectivity index (χ1n) is 9.73. The van der Waals surface area contributed by atoms with Gasteiger partial charge in [-0.2, -0.15) is 0 Å². The highest BCUT2D eigenvalue weighted by molar-refractivity contribution is 6.08. The molecule has 2 aromatic carbocycles. The lowest BCUT2D eigenvalue weighted by Crippen LogP contribution is -2.43. The van der Waals surface area contributed by atoms with Gasteiger partial charge in [-0.25, -0.2) is 9.79 Å². The third-order valence-corrected chi connectivity index (χ3v) is 6.02. The molecule has 5 nitrogen and oxygen atoms in total. The molecule has 4 rings (SSSR count). The summed E-state index contributed by atoms with van der Waals surface area (Å²) in [5.74, 6) is 1.27. The van der Waals surface area contributed by atoms with Gasteiger partial charge in [0.25, 0.3) is 0 Å². The van der Waals surface area contributed by atoms with Gasteiger partial charge in [-0.1, -0.05) is 35.4 Å². The number of rotatable bonds is 4. The number of esters is 1. The zero-order valence-electron chi connectivity index (χ0n) is 17.2. The van der Waals surface area contributed by atoms with Gasteiger partial charge >= 0.3 is 5.97 Å². The number of carbonyl (C=O) groups excluding carboxylic acids is 1. The van der Waals surface area contributed by atoms with Gasteiger partial charge in [-0.3, -0.25) is 0 Å². The van der Waals surface area contributed by atoms with E-state index in [4.69, 9.17) is 19.2 Å². The summed E-state index contributed by atoms with van der Waals surface area (Å²) in [6.07, 6.45) is 1.29. The van der Waals surface area contributed by atoms with Gasteiger partial charge in [0.1, 0.15) is 0 Å². The maximum Gasteiger partial charge on any atom is 0.341 e. The minimum absolute atomic E-state index is 0.139. The zero-order chi connectivity index (χ0) is 20.6. The van der Waals surface area contributed by atoms with Crippen molar-refractivity contribution in [1.29, 1.82) is 0 Å². The Morgan fingerprint density at radius 2 is 1.72 bits per heavy atom. The molecule has 0 amide bonds. The van der Waals surface area contributed by atoms with Crippen molar-refractivity contribution in [1.82, 2.24) is 0 Å². The van der Waals surface area contributed by atoms with Gasteiger partial charge in [0, 0.05) is 17.9 Å². The Kier molecular flexibility index (Phi) is 4.91. The van der Waals surface area contributed by atoms with E-state index in [0.29, 0.717) is 23.8 Å². The quantitative estimate of drug-likeness (QED) is 0.562. The molecule has 5 heteroatoms. The Bertz CT molecular complexity index is 1010. The molecule has 0 radical (unpaired) electrons. The van der Waals surface area contributed by atoms with Gasteiger partial charge in [-0.05, 0) is 50.1 Å². The molecule has 0 unspecified atom stereocenters. The number of nitrogens with zero attached hydrogens (tertiary/aromatic N) is 1. The van der Waals surface area contributed by atoms with Crippen molar-refractivity contribution in [3.05, 3.63) is 70.8 Å². The van der Waals surface area contributed by atoms with Crippen LogP contribution >= 0.6 is 0 Å². The second kappa shape index (κ2) is 7.39. The minimum atomic E-state index is -0.964. The number of hydrogen-bond donors (Lipinski definition) is 0. The van der Waals surface area contributed by atoms with Crippen molar-refractivity contribution in [3.63, 3.8) is 0 Å². The van der Waals surface area contributed by atoms with E-state index in [9.17, 15) is 4.79 Å². The highest BCUT2D eigenvalue weighted by atomic mass is 16.6. The molecule has 0 fully saturated rings. The molecular formula is C24H25NO4. The summed E-state index contributed by atoms with van der Waals surface area (Å²) in [6.45, 7) is 4.20. The van der Waals surface area contributed by atoms with Crippen molar-refractivity contribution in [2.45, 2.75) is 38.1 Å². The van der Waals surface area contributed by atoms with E-state index in [1.807, 2.05) is 48.5 Å². The monoisotopic (exact) mass is 391 g/mol. The van der Waals surface area contributed by atoms with E-state index >= 15 is 0 Å². The van der Waals surface area contributed by atoms with Crippen LogP contribution < -0.4 is 9.47 Å². The van der Waals surface area contributed by atoms with Gasteiger partial charge < -0.3 is 14.2 Å². The number of cyclic esters (lactones) is 1. The SMILES string of the molecule is COc1ccc([C@H]2CC(C)=C(C)C[C@@]23N=C(c2ccccc2)OC3=O)cc1OC. The Hall–Kier alpha value is -3.08. The molecule has 1 heterocycles. The van der Waals surface area contributed by atoms with Crippen molar-refractivity contribution in [2.24, 2.45) is 4.99 Å². The molecule has 0 N–H and O–H groups in total. The third kappa shape index (κ3) is 3.20. The molecule has 2 atom stereocenters. The van der Waals surface area contributed by atoms with Crippen LogP contribution in [0.1, 0.15) is 43.7 Å². The van der Waals surface area contributed by atoms with Crippen LogP contribution in [-0.4, -0.2) is 31.6 Å². The number of ether oxygens (including phenoxy) is 3. The standard InChI is InChI=1S/C24H25NO4/c1-15-12-19(18-10-11-20(27-3)21(13-18)28-4)24(14-16(15)2)23(26)29-22(25-24)17-8-6-5-7-9-17/h5-11,13,19H,12,14H2,1-4H3/t19-,24-/m1/s1. The fraction of sp³-hybridized carbons (Fsp3) is 0.333. The molecular weight excluding hydrogens is 366 g/mol. The average molecular weight is 391 g/mol. The lowest BCUT2D eigenvalue weighted by Gasteiger charge is -2.37. The van der Waals surface area contributed by atoms with E-state index in [1.165, 1.54) is 11.1 Å². The van der Waals surface area contributed by atoms with Gasteiger partial charge in [0.05, 0.1) is 14.2 Å². The Morgan fingerprint density at radius 1 is 1.00 bits per heavy atom. The average Bonchev–Trinajstić information content (AvgIpc) is 3.07. The lowest BCUT2D eigenvalue weighted by molar-refractivity contribution is -0.140. The van der Waals surface area contributed by atoms with E-state index in [-0.39, 0.29) is 11.9 Å². The second-order valence-electron chi connectivity index (χ2n) is 7.71. The van der Waals surface area contributed by atoms with E-state index in [1.54, 1.807) is 14.2 Å². The topological polar surface area (TPSA) is 57.1 Å². The van der Waals surface area contributed by atoms with Crippen LogP contribution in [0.25, 0.3) is 0 Å².